The van der Waals surface area contributed by atoms with Crippen molar-refractivity contribution in [1.82, 2.24) is 5.32 Å². The first kappa shape index (κ1) is 19.7. The second kappa shape index (κ2) is 7.89. The van der Waals surface area contributed by atoms with Gasteiger partial charge in [0.2, 0.25) is 13.9 Å². The number of amides is 2. The van der Waals surface area contributed by atoms with Crippen molar-refractivity contribution in [2.45, 2.75) is 35.2 Å². The van der Waals surface area contributed by atoms with Gasteiger partial charge in [0, 0.05) is 6.42 Å². The number of hydrogen-bond donors (Lipinski definition) is 1. The topological polar surface area (TPSA) is 80.3 Å². The molecule has 0 bridgehead atoms. The SMILES string of the molecule is Cc1ccc(S(=O)(=O)C2(CCCC#Cc3cccs3)SC(=O)NC2=O)cc1. The molecule has 0 radical (unpaired) electrons. The Bertz CT molecular complexity index is 1020. The number of rotatable bonds is 5. The van der Waals surface area contributed by atoms with Gasteiger partial charge in [-0.25, -0.2) is 8.42 Å². The Morgan fingerprint density at radius 3 is 2.48 bits per heavy atom. The van der Waals surface area contributed by atoms with Crippen molar-refractivity contribution in [1.29, 1.82) is 0 Å². The van der Waals surface area contributed by atoms with Gasteiger partial charge in [-0.15, -0.1) is 11.3 Å². The lowest BCUT2D eigenvalue weighted by atomic mass is 10.1. The molecule has 3 rings (SSSR count). The van der Waals surface area contributed by atoms with Gasteiger partial charge in [0.05, 0.1) is 9.77 Å². The van der Waals surface area contributed by atoms with Gasteiger partial charge < -0.3 is 0 Å². The third kappa shape index (κ3) is 3.95. The molecule has 1 aliphatic rings. The highest BCUT2D eigenvalue weighted by Crippen LogP contribution is 2.44. The Balaban J connectivity index is 1.83. The Morgan fingerprint density at radius 1 is 1.15 bits per heavy atom. The van der Waals surface area contributed by atoms with Crippen molar-refractivity contribution in [3.05, 3.63) is 52.2 Å². The van der Waals surface area contributed by atoms with E-state index in [9.17, 15) is 18.0 Å². The molecule has 0 saturated carbocycles. The fourth-order valence-corrected chi connectivity index (χ4v) is 6.67. The predicted octanol–water partition coefficient (Wildman–Crippen LogP) is 3.73. The smallest absolute Gasteiger partial charge is 0.285 e. The molecular weight excluding hydrogens is 402 g/mol. The molecule has 1 aromatic carbocycles. The van der Waals surface area contributed by atoms with Gasteiger partial charge in [0.1, 0.15) is 0 Å². The number of sulfone groups is 1. The first-order valence-corrected chi connectivity index (χ1v) is 11.4. The molecule has 0 aliphatic carbocycles. The van der Waals surface area contributed by atoms with Gasteiger partial charge in [-0.05, 0) is 55.1 Å². The minimum atomic E-state index is -4.05. The van der Waals surface area contributed by atoms with Gasteiger partial charge in [-0.2, -0.15) is 0 Å². The summed E-state index contributed by atoms with van der Waals surface area (Å²) in [5.41, 5.74) is 0.909. The molecule has 8 heteroatoms. The minimum absolute atomic E-state index is 0.0184. The van der Waals surface area contributed by atoms with Crippen molar-refractivity contribution < 1.29 is 18.0 Å². The van der Waals surface area contributed by atoms with E-state index in [1.807, 2.05) is 24.4 Å². The van der Waals surface area contributed by atoms with E-state index in [4.69, 9.17) is 0 Å². The van der Waals surface area contributed by atoms with Crippen LogP contribution in [0.1, 0.15) is 29.7 Å². The van der Waals surface area contributed by atoms with Crippen molar-refractivity contribution in [2.75, 3.05) is 0 Å². The molecule has 140 valence electrons. The molecule has 27 heavy (non-hydrogen) atoms. The summed E-state index contributed by atoms with van der Waals surface area (Å²) in [4.78, 5) is 25.2. The number of unbranched alkanes of at least 4 members (excludes halogenated alkanes) is 1. The van der Waals surface area contributed by atoms with Crippen LogP contribution in [0.4, 0.5) is 4.79 Å². The van der Waals surface area contributed by atoms with Crippen LogP contribution in [0.2, 0.25) is 0 Å². The maximum atomic E-state index is 13.2. The second-order valence-corrected chi connectivity index (χ2v) is 10.7. The summed E-state index contributed by atoms with van der Waals surface area (Å²) in [6.07, 6.45) is 0.840. The van der Waals surface area contributed by atoms with E-state index < -0.39 is 25.1 Å². The quantitative estimate of drug-likeness (QED) is 0.590. The van der Waals surface area contributed by atoms with Crippen molar-refractivity contribution >= 4 is 44.1 Å². The molecule has 5 nitrogen and oxygen atoms in total. The minimum Gasteiger partial charge on any atom is -0.285 e. The van der Waals surface area contributed by atoms with E-state index in [1.54, 1.807) is 12.1 Å². The summed E-state index contributed by atoms with van der Waals surface area (Å²) >= 11 is 2.08. The lowest BCUT2D eigenvalue weighted by molar-refractivity contribution is -0.120. The highest BCUT2D eigenvalue weighted by atomic mass is 32.3. The van der Waals surface area contributed by atoms with Crippen LogP contribution >= 0.6 is 23.1 Å². The fourth-order valence-electron chi connectivity index (χ4n) is 2.70. The number of hydrogen-bond acceptors (Lipinski definition) is 6. The van der Waals surface area contributed by atoms with Crippen LogP contribution in [0.15, 0.2) is 46.7 Å². The maximum Gasteiger partial charge on any atom is 0.287 e. The van der Waals surface area contributed by atoms with Crippen molar-refractivity contribution in [2.24, 2.45) is 0 Å². The molecule has 2 heterocycles. The number of imide groups is 1. The van der Waals surface area contributed by atoms with Crippen LogP contribution < -0.4 is 5.32 Å². The third-order valence-electron chi connectivity index (χ3n) is 4.12. The summed E-state index contributed by atoms with van der Waals surface area (Å²) in [6, 6.07) is 10.1. The predicted molar refractivity (Wildman–Crippen MR) is 107 cm³/mol. The molecule has 0 spiro atoms. The number of thioether (sulfide) groups is 1. The lowest BCUT2D eigenvalue weighted by Crippen LogP contribution is -2.43. The van der Waals surface area contributed by atoms with Gasteiger partial charge in [-0.3, -0.25) is 14.9 Å². The van der Waals surface area contributed by atoms with Crippen LogP contribution in [0.25, 0.3) is 0 Å². The number of carbonyl (C=O) groups excluding carboxylic acids is 2. The van der Waals surface area contributed by atoms with Gasteiger partial charge >= 0.3 is 0 Å². The molecule has 2 aromatic rings. The number of thiophene rings is 1. The van der Waals surface area contributed by atoms with Gasteiger partial charge in [-0.1, -0.05) is 35.6 Å². The molecule has 1 aliphatic heterocycles. The standard InChI is InChI=1S/C19H17NO4S3/c1-14-8-10-16(11-9-14)27(23,24)19(17(21)20-18(22)26-19)12-4-2-3-6-15-7-5-13-25-15/h5,7-11,13H,2,4,12H2,1H3,(H,20,21,22). The van der Waals surface area contributed by atoms with Crippen LogP contribution in [0, 0.1) is 18.8 Å². The van der Waals surface area contributed by atoms with E-state index >= 15 is 0 Å². The Morgan fingerprint density at radius 2 is 1.89 bits per heavy atom. The zero-order valence-electron chi connectivity index (χ0n) is 14.5. The molecule has 2 amide bonds. The second-order valence-electron chi connectivity index (χ2n) is 6.05. The summed E-state index contributed by atoms with van der Waals surface area (Å²) in [5.74, 6) is 5.22. The van der Waals surface area contributed by atoms with Crippen LogP contribution in [-0.4, -0.2) is 23.6 Å². The highest BCUT2D eigenvalue weighted by molar-refractivity contribution is 8.25. The summed E-state index contributed by atoms with van der Waals surface area (Å²) < 4.78 is 24.6. The summed E-state index contributed by atoms with van der Waals surface area (Å²) in [5, 5.41) is 3.42. The van der Waals surface area contributed by atoms with Gasteiger partial charge in [0.25, 0.3) is 11.1 Å². The molecule has 1 N–H and O–H groups in total. The summed E-state index contributed by atoms with van der Waals surface area (Å²) in [6.45, 7) is 1.85. The first-order chi connectivity index (χ1) is 12.8. The fraction of sp³-hybridized carbons (Fsp3) is 0.263. The maximum absolute atomic E-state index is 13.2. The van der Waals surface area contributed by atoms with Gasteiger partial charge in [0.15, 0.2) is 0 Å². The Labute approximate surface area is 166 Å². The van der Waals surface area contributed by atoms with Crippen LogP contribution in [0.3, 0.4) is 0 Å². The molecule has 1 atom stereocenters. The first-order valence-electron chi connectivity index (χ1n) is 8.23. The van der Waals surface area contributed by atoms with E-state index in [1.165, 1.54) is 23.5 Å². The average molecular weight is 420 g/mol. The molecule has 1 saturated heterocycles. The number of benzene rings is 1. The normalized spacial score (nSPS) is 19.4. The van der Waals surface area contributed by atoms with E-state index in [-0.39, 0.29) is 11.3 Å². The van der Waals surface area contributed by atoms with E-state index in [0.29, 0.717) is 24.6 Å². The Kier molecular flexibility index (Phi) is 5.75. The van der Waals surface area contributed by atoms with E-state index in [0.717, 1.165) is 10.4 Å². The highest BCUT2D eigenvalue weighted by Gasteiger charge is 2.57. The summed E-state index contributed by atoms with van der Waals surface area (Å²) in [7, 11) is -4.05. The van der Waals surface area contributed by atoms with Crippen LogP contribution in [-0.2, 0) is 14.6 Å². The largest absolute Gasteiger partial charge is 0.287 e. The van der Waals surface area contributed by atoms with E-state index in [2.05, 4.69) is 17.2 Å². The average Bonchev–Trinajstić information content (AvgIpc) is 3.23. The van der Waals surface area contributed by atoms with Crippen molar-refractivity contribution in [3.8, 4) is 11.8 Å². The third-order valence-corrected chi connectivity index (χ3v) is 8.98. The lowest BCUT2D eigenvalue weighted by Gasteiger charge is -2.24. The molecule has 1 unspecified atom stereocenters. The Hall–Kier alpha value is -2.08. The number of nitrogens with one attached hydrogen (secondary N) is 1. The van der Waals surface area contributed by atoms with Crippen LogP contribution in [0.5, 0.6) is 0 Å². The number of carbonyl (C=O) groups is 2. The molecule has 1 aromatic heterocycles. The number of aryl methyl sites for hydroxylation is 1. The van der Waals surface area contributed by atoms with Crippen molar-refractivity contribution in [3.63, 3.8) is 0 Å². The zero-order chi connectivity index (χ0) is 19.5. The molecular formula is C19H17NO4S3. The molecule has 1 fully saturated rings. The zero-order valence-corrected chi connectivity index (χ0v) is 17.0. The monoisotopic (exact) mass is 419 g/mol.